The van der Waals surface area contributed by atoms with Gasteiger partial charge in [-0.2, -0.15) is 0 Å². The van der Waals surface area contributed by atoms with Crippen LogP contribution in [0.25, 0.3) is 0 Å². The number of Topliss-reactive ketones (excluding diaryl/α,β-unsaturated/α-hetero) is 1. The van der Waals surface area contributed by atoms with Crippen LogP contribution in [0.5, 0.6) is 5.75 Å². The van der Waals surface area contributed by atoms with Gasteiger partial charge in [0.05, 0.1) is 7.11 Å². The van der Waals surface area contributed by atoms with E-state index in [2.05, 4.69) is 17.1 Å². The van der Waals surface area contributed by atoms with Crippen molar-refractivity contribution in [1.29, 1.82) is 0 Å². The lowest BCUT2D eigenvalue weighted by Crippen LogP contribution is -2.72. The molecular weight excluding hydrogens is 316 g/mol. The molecule has 4 saturated heterocycles. The Hall–Kier alpha value is -1.59. The third-order valence-electron chi connectivity index (χ3n) is 7.66. The summed E-state index contributed by atoms with van der Waals surface area (Å²) >= 11 is 0. The molecule has 1 spiro atoms. The molecule has 25 heavy (non-hydrogen) atoms. The quantitative estimate of drug-likeness (QED) is 0.896. The van der Waals surface area contributed by atoms with E-state index >= 15 is 0 Å². The summed E-state index contributed by atoms with van der Waals surface area (Å²) in [5, 5.41) is 3.68. The zero-order valence-corrected chi connectivity index (χ0v) is 14.7. The fourth-order valence-electron chi connectivity index (χ4n) is 6.70. The van der Waals surface area contributed by atoms with Crippen LogP contribution in [0.2, 0.25) is 0 Å². The lowest BCUT2D eigenvalue weighted by Gasteiger charge is -2.59. The second kappa shape index (κ2) is 4.57. The molecule has 7 rings (SSSR count). The predicted molar refractivity (Wildman–Crippen MR) is 92.8 cm³/mol. The summed E-state index contributed by atoms with van der Waals surface area (Å²) in [6.07, 6.45) is 3.77. The maximum atomic E-state index is 13.7. The highest BCUT2D eigenvalue weighted by Crippen LogP contribution is 2.61. The van der Waals surface area contributed by atoms with E-state index in [1.165, 1.54) is 12.8 Å². The molecule has 0 radical (unpaired) electrons. The van der Waals surface area contributed by atoms with E-state index in [1.807, 2.05) is 18.2 Å². The minimum absolute atomic E-state index is 0.0368. The molecule has 5 nitrogen and oxygen atoms in total. The third-order valence-corrected chi connectivity index (χ3v) is 7.66. The zero-order chi connectivity index (χ0) is 16.9. The van der Waals surface area contributed by atoms with Gasteiger partial charge in [0.15, 0.2) is 5.78 Å². The number of anilines is 1. The number of carbonyl (C=O) groups excluding carboxylic acids is 1. The molecule has 1 N–H and O–H groups in total. The highest BCUT2D eigenvalue weighted by Gasteiger charge is 2.72. The van der Waals surface area contributed by atoms with E-state index in [0.29, 0.717) is 23.8 Å². The van der Waals surface area contributed by atoms with Gasteiger partial charge in [-0.05, 0) is 42.9 Å². The van der Waals surface area contributed by atoms with E-state index in [0.717, 1.165) is 30.0 Å². The molecular formula is C20H24N2O3. The van der Waals surface area contributed by atoms with Crippen LogP contribution in [-0.2, 0) is 4.74 Å². The molecule has 0 amide bonds. The third kappa shape index (κ3) is 1.52. The number of hydrogen-bond donors (Lipinski definition) is 1. The number of methoxy groups -OCH3 is 1. The number of piperidine rings is 3. The maximum absolute atomic E-state index is 13.7. The Bertz CT molecular complexity index is 780. The summed E-state index contributed by atoms with van der Waals surface area (Å²) in [5.41, 5.74) is 1.14. The van der Waals surface area contributed by atoms with E-state index in [-0.39, 0.29) is 18.1 Å². The highest BCUT2D eigenvalue weighted by molar-refractivity contribution is 6.14. The first-order chi connectivity index (χ1) is 12.2. The minimum Gasteiger partial charge on any atom is -0.497 e. The molecule has 8 atom stereocenters. The molecule has 1 aromatic rings. The van der Waals surface area contributed by atoms with Gasteiger partial charge in [0.2, 0.25) is 0 Å². The van der Waals surface area contributed by atoms with E-state index in [1.54, 1.807) is 7.11 Å². The molecule has 5 bridgehead atoms. The van der Waals surface area contributed by atoms with Gasteiger partial charge in [-0.1, -0.05) is 13.3 Å². The van der Waals surface area contributed by atoms with Gasteiger partial charge in [-0.25, -0.2) is 0 Å². The highest BCUT2D eigenvalue weighted by atomic mass is 16.5. The Balaban J connectivity index is 1.50. The average molecular weight is 340 g/mol. The fourth-order valence-corrected chi connectivity index (χ4v) is 6.70. The van der Waals surface area contributed by atoms with Gasteiger partial charge < -0.3 is 14.8 Å². The van der Waals surface area contributed by atoms with Crippen molar-refractivity contribution < 1.29 is 14.3 Å². The summed E-state index contributed by atoms with van der Waals surface area (Å²) in [4.78, 5) is 16.3. The molecule has 6 aliphatic rings. The van der Waals surface area contributed by atoms with Gasteiger partial charge in [-0.3, -0.25) is 9.69 Å². The number of rotatable bonds is 2. The molecule has 132 valence electrons. The number of ketones is 1. The number of carbonyl (C=O) groups is 1. The van der Waals surface area contributed by atoms with Crippen LogP contribution in [0.1, 0.15) is 36.5 Å². The van der Waals surface area contributed by atoms with Crippen molar-refractivity contribution in [3.63, 3.8) is 0 Å². The molecule has 0 aromatic heterocycles. The lowest BCUT2D eigenvalue weighted by molar-refractivity contribution is -0.129. The minimum atomic E-state index is -0.576. The number of fused-ring (bicyclic) bond motifs is 4. The van der Waals surface area contributed by atoms with Crippen LogP contribution in [-0.4, -0.2) is 48.3 Å². The number of nitrogens with one attached hydrogen (secondary N) is 1. The van der Waals surface area contributed by atoms with Crippen molar-refractivity contribution in [3.8, 4) is 5.75 Å². The van der Waals surface area contributed by atoms with Gasteiger partial charge in [0, 0.05) is 29.8 Å². The number of nitrogens with zero attached hydrogens (tertiary/aromatic N) is 1. The van der Waals surface area contributed by atoms with Crippen LogP contribution in [0.3, 0.4) is 0 Å². The normalized spacial score (nSPS) is 48.1. The molecule has 1 aliphatic carbocycles. The van der Waals surface area contributed by atoms with Crippen molar-refractivity contribution in [2.45, 2.75) is 50.1 Å². The van der Waals surface area contributed by atoms with E-state index in [9.17, 15) is 4.79 Å². The van der Waals surface area contributed by atoms with Crippen LogP contribution >= 0.6 is 0 Å². The zero-order valence-electron chi connectivity index (χ0n) is 14.7. The molecule has 1 saturated carbocycles. The summed E-state index contributed by atoms with van der Waals surface area (Å²) in [7, 11) is 1.65. The fraction of sp³-hybridized carbons (Fsp3) is 0.650. The molecule has 5 fully saturated rings. The Kier molecular flexibility index (Phi) is 2.66. The molecule has 5 aliphatic heterocycles. The number of hydrogen-bond acceptors (Lipinski definition) is 5. The van der Waals surface area contributed by atoms with Crippen molar-refractivity contribution in [2.75, 3.05) is 19.0 Å². The summed E-state index contributed by atoms with van der Waals surface area (Å²) in [6, 6.07) is 6.29. The SMILES string of the molecule is CC[C@H]1C[C@H]2C[C@@H]3C1N1C[C@H](O[C@H]21)[C@@]31Nc2ccc(OC)cc2C1=O. The summed E-state index contributed by atoms with van der Waals surface area (Å²) in [6.45, 7) is 3.19. The largest absolute Gasteiger partial charge is 0.497 e. The average Bonchev–Trinajstić information content (AvgIpc) is 3.17. The van der Waals surface area contributed by atoms with Gasteiger partial charge >= 0.3 is 0 Å². The van der Waals surface area contributed by atoms with Crippen molar-refractivity contribution in [1.82, 2.24) is 4.90 Å². The lowest BCUT2D eigenvalue weighted by atomic mass is 9.56. The Morgan fingerprint density at radius 1 is 1.40 bits per heavy atom. The second-order valence-corrected chi connectivity index (χ2v) is 8.44. The van der Waals surface area contributed by atoms with E-state index < -0.39 is 5.54 Å². The Labute approximate surface area is 147 Å². The van der Waals surface area contributed by atoms with Crippen molar-refractivity contribution >= 4 is 11.5 Å². The first-order valence-electron chi connectivity index (χ1n) is 9.59. The first kappa shape index (κ1) is 14.6. The van der Waals surface area contributed by atoms with Crippen molar-refractivity contribution in [3.05, 3.63) is 23.8 Å². The van der Waals surface area contributed by atoms with Crippen LogP contribution in [0.4, 0.5) is 5.69 Å². The molecule has 1 aromatic carbocycles. The molecule has 5 heterocycles. The number of benzene rings is 1. The molecule has 5 heteroatoms. The predicted octanol–water partition coefficient (Wildman–Crippen LogP) is 2.52. The van der Waals surface area contributed by atoms with Crippen LogP contribution < -0.4 is 10.1 Å². The topological polar surface area (TPSA) is 50.8 Å². The maximum Gasteiger partial charge on any atom is 0.193 e. The van der Waals surface area contributed by atoms with Crippen LogP contribution in [0.15, 0.2) is 18.2 Å². The van der Waals surface area contributed by atoms with Gasteiger partial charge in [-0.15, -0.1) is 0 Å². The summed E-state index contributed by atoms with van der Waals surface area (Å²) < 4.78 is 11.9. The van der Waals surface area contributed by atoms with Crippen LogP contribution in [0, 0.1) is 17.8 Å². The number of ether oxygens (including phenoxy) is 2. The Morgan fingerprint density at radius 3 is 3.08 bits per heavy atom. The summed E-state index contributed by atoms with van der Waals surface area (Å²) in [5.74, 6) is 2.58. The Morgan fingerprint density at radius 2 is 2.28 bits per heavy atom. The van der Waals surface area contributed by atoms with Crippen molar-refractivity contribution in [2.24, 2.45) is 17.8 Å². The monoisotopic (exact) mass is 340 g/mol. The molecule has 2 unspecified atom stereocenters. The standard InChI is InChI=1S/C20H24N2O3/c1-3-10-6-11-7-14-17(10)22-9-16(25-19(11)22)20(14)18(23)13-8-12(24-2)4-5-15(13)21-20/h4-5,8,10-11,14,16-17,19,21H,3,6-7,9H2,1-2H3/t10-,11-,14+,16-,17?,19+,20-/m0/s1. The second-order valence-electron chi connectivity index (χ2n) is 8.44. The van der Waals surface area contributed by atoms with Gasteiger partial charge in [0.25, 0.3) is 0 Å². The van der Waals surface area contributed by atoms with Gasteiger partial charge in [0.1, 0.15) is 23.6 Å². The smallest absolute Gasteiger partial charge is 0.193 e. The van der Waals surface area contributed by atoms with E-state index in [4.69, 9.17) is 9.47 Å². The first-order valence-corrected chi connectivity index (χ1v) is 9.59.